The van der Waals surface area contributed by atoms with Crippen LogP contribution in [0, 0.1) is 0 Å². The molecule has 2 aromatic rings. The third kappa shape index (κ3) is 1.49. The highest BCUT2D eigenvalue weighted by Crippen LogP contribution is 2.24. The topological polar surface area (TPSA) is 30.7 Å². The molecule has 2 rings (SSSR count). The summed E-state index contributed by atoms with van der Waals surface area (Å²) in [6, 6.07) is 4.01. The Labute approximate surface area is 84.6 Å². The van der Waals surface area contributed by atoms with Crippen LogP contribution in [-0.2, 0) is 7.05 Å². The summed E-state index contributed by atoms with van der Waals surface area (Å²) in [6.45, 7) is 0. The molecular weight excluding hydrogens is 230 g/mol. The summed E-state index contributed by atoms with van der Waals surface area (Å²) in [7, 11) is 1.99. The molecule has 0 atom stereocenters. The molecule has 0 aromatic carbocycles. The van der Waals surface area contributed by atoms with Crippen molar-refractivity contribution in [2.24, 2.45) is 7.05 Å². The summed E-state index contributed by atoms with van der Waals surface area (Å²) in [5.74, 6) is 0. The van der Waals surface area contributed by atoms with E-state index < -0.39 is 0 Å². The van der Waals surface area contributed by atoms with Gasteiger partial charge < -0.3 is 4.57 Å². The van der Waals surface area contributed by atoms with Crippen molar-refractivity contribution in [1.82, 2.24) is 14.5 Å². The quantitative estimate of drug-likeness (QED) is 0.762. The van der Waals surface area contributed by atoms with Gasteiger partial charge in [0.25, 0.3) is 0 Å². The Hall–Kier alpha value is -1.16. The van der Waals surface area contributed by atoms with Gasteiger partial charge in [-0.25, -0.2) is 9.97 Å². The third-order valence-electron chi connectivity index (χ3n) is 1.85. The minimum absolute atomic E-state index is 0.914. The maximum absolute atomic E-state index is 4.20. The zero-order valence-corrected chi connectivity index (χ0v) is 8.69. The van der Waals surface area contributed by atoms with E-state index in [0.29, 0.717) is 0 Å². The van der Waals surface area contributed by atoms with E-state index >= 15 is 0 Å². The van der Waals surface area contributed by atoms with E-state index in [0.717, 1.165) is 15.9 Å². The van der Waals surface area contributed by atoms with Crippen molar-refractivity contribution in [3.8, 4) is 11.4 Å². The Bertz CT molecular complexity index is 422. The smallest absolute Gasteiger partial charge is 0.116 e. The van der Waals surface area contributed by atoms with Crippen LogP contribution in [0.3, 0.4) is 0 Å². The van der Waals surface area contributed by atoms with Crippen LogP contribution in [0.2, 0.25) is 0 Å². The van der Waals surface area contributed by atoms with Gasteiger partial charge in [-0.15, -0.1) is 0 Å². The van der Waals surface area contributed by atoms with Gasteiger partial charge in [0.15, 0.2) is 0 Å². The zero-order valence-electron chi connectivity index (χ0n) is 7.11. The van der Waals surface area contributed by atoms with E-state index in [4.69, 9.17) is 0 Å². The maximum atomic E-state index is 4.20. The summed E-state index contributed by atoms with van der Waals surface area (Å²) in [4.78, 5) is 8.12. The Morgan fingerprint density at radius 2 is 2.31 bits per heavy atom. The molecule has 13 heavy (non-hydrogen) atoms. The molecule has 0 aliphatic carbocycles. The van der Waals surface area contributed by atoms with Crippen molar-refractivity contribution in [2.75, 3.05) is 0 Å². The molecule has 0 aliphatic rings. The number of halogens is 1. The fourth-order valence-electron chi connectivity index (χ4n) is 1.21. The fraction of sp³-hybridized carbons (Fsp3) is 0.111. The number of aromatic nitrogens is 3. The van der Waals surface area contributed by atoms with Gasteiger partial charge in [-0.05, 0) is 28.1 Å². The Morgan fingerprint density at radius 1 is 1.46 bits per heavy atom. The second-order valence-electron chi connectivity index (χ2n) is 2.72. The van der Waals surface area contributed by atoms with Gasteiger partial charge in [-0.2, -0.15) is 0 Å². The summed E-state index contributed by atoms with van der Waals surface area (Å²) in [5, 5.41) is 0. The number of aryl methyl sites for hydroxylation is 1. The van der Waals surface area contributed by atoms with E-state index in [2.05, 4.69) is 25.9 Å². The Balaban J connectivity index is 2.59. The monoisotopic (exact) mass is 237 g/mol. The normalized spacial score (nSPS) is 10.3. The molecule has 0 aliphatic heterocycles. The highest BCUT2D eigenvalue weighted by atomic mass is 79.9. The van der Waals surface area contributed by atoms with Crippen molar-refractivity contribution < 1.29 is 0 Å². The molecule has 0 saturated heterocycles. The Morgan fingerprint density at radius 3 is 2.92 bits per heavy atom. The highest BCUT2D eigenvalue weighted by Gasteiger charge is 2.06. The minimum Gasteiger partial charge on any atom is -0.349 e. The lowest BCUT2D eigenvalue weighted by molar-refractivity contribution is 0.927. The second kappa shape index (κ2) is 3.30. The van der Waals surface area contributed by atoms with Crippen LogP contribution in [0.4, 0.5) is 0 Å². The van der Waals surface area contributed by atoms with Crippen molar-refractivity contribution in [3.63, 3.8) is 0 Å². The van der Waals surface area contributed by atoms with Gasteiger partial charge in [0.05, 0.1) is 10.2 Å². The van der Waals surface area contributed by atoms with E-state index in [1.54, 1.807) is 12.5 Å². The lowest BCUT2D eigenvalue weighted by Crippen LogP contribution is -1.93. The summed E-state index contributed by atoms with van der Waals surface area (Å²) >= 11 is 3.41. The SMILES string of the molecule is Cn1cccc1-c1ncncc1Br. The predicted octanol–water partition coefficient (Wildman–Crippen LogP) is 2.24. The van der Waals surface area contributed by atoms with Crippen LogP contribution in [-0.4, -0.2) is 14.5 Å². The standard InChI is InChI=1S/C9H8BrN3/c1-13-4-2-3-8(13)9-7(10)5-11-6-12-9/h2-6H,1H3. The van der Waals surface area contributed by atoms with E-state index in [1.165, 1.54) is 0 Å². The van der Waals surface area contributed by atoms with Crippen LogP contribution < -0.4 is 0 Å². The van der Waals surface area contributed by atoms with Crippen molar-refractivity contribution in [2.45, 2.75) is 0 Å². The first-order valence-corrected chi connectivity index (χ1v) is 4.65. The van der Waals surface area contributed by atoms with Crippen LogP contribution >= 0.6 is 15.9 Å². The van der Waals surface area contributed by atoms with Crippen molar-refractivity contribution in [3.05, 3.63) is 35.3 Å². The van der Waals surface area contributed by atoms with Crippen LogP contribution in [0.25, 0.3) is 11.4 Å². The first-order chi connectivity index (χ1) is 6.29. The third-order valence-corrected chi connectivity index (χ3v) is 2.43. The molecular formula is C9H8BrN3. The molecule has 3 nitrogen and oxygen atoms in total. The number of hydrogen-bond donors (Lipinski definition) is 0. The average molecular weight is 238 g/mol. The molecule has 4 heteroatoms. The fourth-order valence-corrected chi connectivity index (χ4v) is 1.63. The van der Waals surface area contributed by atoms with Crippen LogP contribution in [0.5, 0.6) is 0 Å². The molecule has 0 unspecified atom stereocenters. The van der Waals surface area contributed by atoms with Gasteiger partial charge in [0, 0.05) is 19.4 Å². The van der Waals surface area contributed by atoms with Crippen LogP contribution in [0.15, 0.2) is 35.3 Å². The molecule has 0 amide bonds. The zero-order chi connectivity index (χ0) is 9.26. The molecule has 2 heterocycles. The van der Waals surface area contributed by atoms with Gasteiger partial charge in [-0.1, -0.05) is 0 Å². The minimum atomic E-state index is 0.914. The summed E-state index contributed by atoms with van der Waals surface area (Å²) in [5.41, 5.74) is 2.00. The molecule has 0 radical (unpaired) electrons. The van der Waals surface area contributed by atoms with E-state index in [1.807, 2.05) is 29.9 Å². The van der Waals surface area contributed by atoms with Gasteiger partial charge in [0.2, 0.25) is 0 Å². The largest absolute Gasteiger partial charge is 0.349 e. The lowest BCUT2D eigenvalue weighted by atomic mass is 10.3. The van der Waals surface area contributed by atoms with Crippen molar-refractivity contribution >= 4 is 15.9 Å². The molecule has 2 aromatic heterocycles. The average Bonchev–Trinajstić information content (AvgIpc) is 2.52. The molecule has 0 fully saturated rings. The predicted molar refractivity (Wildman–Crippen MR) is 54.1 cm³/mol. The number of nitrogens with zero attached hydrogens (tertiary/aromatic N) is 3. The summed E-state index contributed by atoms with van der Waals surface area (Å²) in [6.07, 6.45) is 5.28. The maximum Gasteiger partial charge on any atom is 0.116 e. The van der Waals surface area contributed by atoms with Crippen LogP contribution in [0.1, 0.15) is 0 Å². The van der Waals surface area contributed by atoms with Gasteiger partial charge in [-0.3, -0.25) is 0 Å². The number of rotatable bonds is 1. The molecule has 66 valence electrons. The molecule has 0 saturated carbocycles. The van der Waals surface area contributed by atoms with Crippen molar-refractivity contribution in [1.29, 1.82) is 0 Å². The van der Waals surface area contributed by atoms with E-state index in [9.17, 15) is 0 Å². The first-order valence-electron chi connectivity index (χ1n) is 3.86. The first kappa shape index (κ1) is 8.44. The molecule has 0 bridgehead atoms. The molecule has 0 spiro atoms. The van der Waals surface area contributed by atoms with Gasteiger partial charge in [0.1, 0.15) is 12.0 Å². The summed E-state index contributed by atoms with van der Waals surface area (Å²) < 4.78 is 2.93. The van der Waals surface area contributed by atoms with Gasteiger partial charge >= 0.3 is 0 Å². The van der Waals surface area contributed by atoms with E-state index in [-0.39, 0.29) is 0 Å². The molecule has 0 N–H and O–H groups in total. The Kier molecular flexibility index (Phi) is 2.14. The highest BCUT2D eigenvalue weighted by molar-refractivity contribution is 9.10. The number of hydrogen-bond acceptors (Lipinski definition) is 2. The second-order valence-corrected chi connectivity index (χ2v) is 3.58. The lowest BCUT2D eigenvalue weighted by Gasteiger charge is -2.03.